The summed E-state index contributed by atoms with van der Waals surface area (Å²) in [5.41, 5.74) is 4.38. The highest BCUT2D eigenvalue weighted by atomic mass is 35.5. The molecular formula is C22H21ClN6OS. The summed E-state index contributed by atoms with van der Waals surface area (Å²) in [6.07, 6.45) is 3.18. The van der Waals surface area contributed by atoms with Gasteiger partial charge in [-0.3, -0.25) is 9.89 Å². The highest BCUT2D eigenvalue weighted by Crippen LogP contribution is 2.40. The molecule has 9 heteroatoms. The summed E-state index contributed by atoms with van der Waals surface area (Å²) >= 11 is 8.19. The van der Waals surface area contributed by atoms with E-state index in [0.29, 0.717) is 29.5 Å². The van der Waals surface area contributed by atoms with Crippen LogP contribution >= 0.6 is 23.1 Å². The van der Waals surface area contributed by atoms with Crippen LogP contribution in [-0.2, 0) is 4.79 Å². The smallest absolute Gasteiger partial charge is 0.246 e. The number of aromatic amines is 1. The minimum atomic E-state index is -0.0289. The summed E-state index contributed by atoms with van der Waals surface area (Å²) < 4.78 is 4.63. The molecule has 31 heavy (non-hydrogen) atoms. The molecule has 1 aliphatic rings. The molecule has 158 valence electrons. The van der Waals surface area contributed by atoms with Crippen LogP contribution in [0, 0.1) is 6.92 Å². The number of hydrogen-bond donors (Lipinski definition) is 1. The number of fused-ring (bicyclic) bond motifs is 2. The number of piperazine rings is 1. The Hall–Kier alpha value is -2.97. The highest BCUT2D eigenvalue weighted by Gasteiger charge is 2.29. The lowest BCUT2D eigenvalue weighted by Crippen LogP contribution is -2.53. The number of aryl methyl sites for hydroxylation is 1. The number of hydrogen-bond acceptors (Lipinski definition) is 6. The number of halogens is 1. The van der Waals surface area contributed by atoms with Gasteiger partial charge in [0.2, 0.25) is 5.91 Å². The van der Waals surface area contributed by atoms with Crippen molar-refractivity contribution in [1.82, 2.24) is 24.5 Å². The Morgan fingerprint density at radius 1 is 1.35 bits per heavy atom. The van der Waals surface area contributed by atoms with Gasteiger partial charge in [-0.15, -0.1) is 0 Å². The van der Waals surface area contributed by atoms with Crippen molar-refractivity contribution in [3.05, 3.63) is 47.6 Å². The maximum Gasteiger partial charge on any atom is 0.246 e. The zero-order valence-electron chi connectivity index (χ0n) is 17.2. The number of carbonyl (C=O) groups is 1. The number of carbonyl (C=O) groups excluding carboxylic acids is 1. The van der Waals surface area contributed by atoms with Gasteiger partial charge in [-0.1, -0.05) is 24.2 Å². The van der Waals surface area contributed by atoms with E-state index in [4.69, 9.17) is 16.6 Å². The average molecular weight is 453 g/mol. The molecule has 4 heterocycles. The summed E-state index contributed by atoms with van der Waals surface area (Å²) in [6, 6.07) is 6.16. The third-order valence-electron chi connectivity index (χ3n) is 5.85. The van der Waals surface area contributed by atoms with Crippen LogP contribution < -0.4 is 4.90 Å². The second kappa shape index (κ2) is 7.62. The second-order valence-electron chi connectivity index (χ2n) is 7.80. The topological polar surface area (TPSA) is 78.0 Å². The van der Waals surface area contributed by atoms with E-state index in [-0.39, 0.29) is 11.9 Å². The molecule has 1 amide bonds. The van der Waals surface area contributed by atoms with E-state index in [1.165, 1.54) is 17.6 Å². The van der Waals surface area contributed by atoms with Crippen molar-refractivity contribution in [2.45, 2.75) is 19.9 Å². The van der Waals surface area contributed by atoms with Crippen LogP contribution in [0.5, 0.6) is 0 Å². The van der Waals surface area contributed by atoms with E-state index in [1.54, 1.807) is 6.20 Å². The van der Waals surface area contributed by atoms with Crippen LogP contribution in [0.25, 0.3) is 33.2 Å². The lowest BCUT2D eigenvalue weighted by Gasteiger charge is -2.40. The van der Waals surface area contributed by atoms with Gasteiger partial charge in [0.25, 0.3) is 0 Å². The monoisotopic (exact) mass is 452 g/mol. The maximum atomic E-state index is 12.0. The molecular weight excluding hydrogens is 432 g/mol. The maximum absolute atomic E-state index is 12.0. The van der Waals surface area contributed by atoms with Crippen molar-refractivity contribution in [2.75, 3.05) is 24.5 Å². The van der Waals surface area contributed by atoms with E-state index in [0.717, 1.165) is 39.0 Å². The first-order valence-corrected chi connectivity index (χ1v) is 11.2. The van der Waals surface area contributed by atoms with Crippen LogP contribution in [0.1, 0.15) is 12.5 Å². The van der Waals surface area contributed by atoms with Crippen molar-refractivity contribution >= 4 is 56.0 Å². The third-order valence-corrected chi connectivity index (χ3v) is 7.03. The van der Waals surface area contributed by atoms with Crippen LogP contribution in [0.4, 0.5) is 5.00 Å². The van der Waals surface area contributed by atoms with Crippen LogP contribution in [0.2, 0.25) is 5.02 Å². The minimum absolute atomic E-state index is 0.0289. The number of nitrogens with zero attached hydrogens (tertiary/aromatic N) is 5. The SMILES string of the molecule is C=CC(=O)N1CCN(c2snc3nc(-c4c(C)ccc5[nH]ncc45)c(Cl)cc23)[C@@H](C)C1. The van der Waals surface area contributed by atoms with Gasteiger partial charge in [-0.25, -0.2) is 4.98 Å². The first-order valence-electron chi connectivity index (χ1n) is 10.0. The number of anilines is 1. The molecule has 4 aromatic rings. The molecule has 0 aliphatic carbocycles. The number of rotatable bonds is 3. The number of benzene rings is 1. The molecule has 0 saturated carbocycles. The number of nitrogens with one attached hydrogen (secondary N) is 1. The quantitative estimate of drug-likeness (QED) is 0.465. The predicted molar refractivity (Wildman–Crippen MR) is 126 cm³/mol. The molecule has 1 aromatic carbocycles. The summed E-state index contributed by atoms with van der Waals surface area (Å²) in [7, 11) is 0. The average Bonchev–Trinajstić information content (AvgIpc) is 3.39. The molecule has 5 rings (SSSR count). The van der Waals surface area contributed by atoms with E-state index < -0.39 is 0 Å². The molecule has 1 atom stereocenters. The molecule has 0 bridgehead atoms. The lowest BCUT2D eigenvalue weighted by molar-refractivity contribution is -0.126. The van der Waals surface area contributed by atoms with Gasteiger partial charge in [0.15, 0.2) is 5.65 Å². The highest BCUT2D eigenvalue weighted by molar-refractivity contribution is 7.11. The number of amides is 1. The molecule has 0 radical (unpaired) electrons. The van der Waals surface area contributed by atoms with Crippen molar-refractivity contribution in [3.63, 3.8) is 0 Å². The van der Waals surface area contributed by atoms with Gasteiger partial charge in [0, 0.05) is 36.6 Å². The van der Waals surface area contributed by atoms with Crippen molar-refractivity contribution < 1.29 is 4.79 Å². The zero-order chi connectivity index (χ0) is 21.7. The minimum Gasteiger partial charge on any atom is -0.355 e. The Balaban J connectivity index is 1.55. The molecule has 0 unspecified atom stereocenters. The third kappa shape index (κ3) is 3.26. The Kier molecular flexibility index (Phi) is 4.91. The fourth-order valence-corrected chi connectivity index (χ4v) is 5.44. The van der Waals surface area contributed by atoms with Crippen molar-refractivity contribution in [2.24, 2.45) is 0 Å². The van der Waals surface area contributed by atoms with Crippen LogP contribution in [-0.4, -0.2) is 56.0 Å². The largest absolute Gasteiger partial charge is 0.355 e. The van der Waals surface area contributed by atoms with Gasteiger partial charge in [-0.2, -0.15) is 9.47 Å². The summed E-state index contributed by atoms with van der Waals surface area (Å²) in [5, 5.41) is 10.7. The van der Waals surface area contributed by atoms with Gasteiger partial charge >= 0.3 is 0 Å². The molecule has 1 N–H and O–H groups in total. The molecule has 1 aliphatic heterocycles. The molecule has 0 spiro atoms. The van der Waals surface area contributed by atoms with E-state index in [9.17, 15) is 4.79 Å². The number of aromatic nitrogens is 4. The standard InChI is InChI=1S/C22H21ClN6OS/c1-4-18(30)28-7-8-29(13(3)11-28)22-14-9-16(23)20(25-21(14)27-31-22)19-12(2)5-6-17-15(19)10-24-26-17/h4-6,9-10,13H,1,7-8,11H2,2-3H3,(H,24,26)/t13-/m0/s1. The van der Waals surface area contributed by atoms with E-state index in [2.05, 4.69) is 33.0 Å². The van der Waals surface area contributed by atoms with Crippen LogP contribution in [0.3, 0.4) is 0 Å². The molecule has 7 nitrogen and oxygen atoms in total. The fourth-order valence-electron chi connectivity index (χ4n) is 4.25. The zero-order valence-corrected chi connectivity index (χ0v) is 18.8. The Morgan fingerprint density at radius 3 is 2.97 bits per heavy atom. The van der Waals surface area contributed by atoms with Gasteiger partial charge in [0.05, 0.1) is 27.8 Å². The number of H-pyrrole nitrogens is 1. The van der Waals surface area contributed by atoms with Crippen LogP contribution in [0.15, 0.2) is 37.1 Å². The van der Waals surface area contributed by atoms with Gasteiger partial charge in [-0.05, 0) is 49.2 Å². The Morgan fingerprint density at radius 2 is 2.19 bits per heavy atom. The number of pyridine rings is 1. The predicted octanol–water partition coefficient (Wildman–Crippen LogP) is 4.42. The molecule has 3 aromatic heterocycles. The second-order valence-corrected chi connectivity index (χ2v) is 8.96. The summed E-state index contributed by atoms with van der Waals surface area (Å²) in [4.78, 5) is 20.9. The molecule has 1 saturated heterocycles. The first kappa shape index (κ1) is 20.0. The van der Waals surface area contributed by atoms with Crippen molar-refractivity contribution in [1.29, 1.82) is 0 Å². The summed E-state index contributed by atoms with van der Waals surface area (Å²) in [5.74, 6) is -0.0289. The van der Waals surface area contributed by atoms with E-state index in [1.807, 2.05) is 30.0 Å². The van der Waals surface area contributed by atoms with Crippen molar-refractivity contribution in [3.8, 4) is 11.3 Å². The summed E-state index contributed by atoms with van der Waals surface area (Å²) in [6.45, 7) is 9.77. The Bertz CT molecular complexity index is 1330. The van der Waals surface area contributed by atoms with Gasteiger partial charge in [0.1, 0.15) is 5.00 Å². The fraction of sp³-hybridized carbons (Fsp3) is 0.273. The van der Waals surface area contributed by atoms with Gasteiger partial charge < -0.3 is 9.80 Å². The Labute approximate surface area is 188 Å². The normalized spacial score (nSPS) is 16.9. The first-order chi connectivity index (χ1) is 15.0. The molecule has 1 fully saturated rings. The van der Waals surface area contributed by atoms with E-state index >= 15 is 0 Å². The lowest BCUT2D eigenvalue weighted by atomic mass is 10.0.